The number of carbonyl (C=O) groups is 1. The Morgan fingerprint density at radius 3 is 2.85 bits per heavy atom. The Morgan fingerprint density at radius 2 is 2.12 bits per heavy atom. The maximum atomic E-state index is 15.5. The number of anilines is 1. The van der Waals surface area contributed by atoms with Crippen molar-refractivity contribution >= 4 is 39.9 Å². The van der Waals surface area contributed by atoms with Gasteiger partial charge in [0.15, 0.2) is 11.5 Å². The van der Waals surface area contributed by atoms with Crippen LogP contribution in [0.1, 0.15) is 17.5 Å². The average Bonchev–Trinajstić information content (AvgIpc) is 3.17. The van der Waals surface area contributed by atoms with Gasteiger partial charge in [0.05, 0.1) is 53.5 Å². The maximum Gasteiger partial charge on any atom is 0.231 e. The number of H-pyrrole nitrogens is 1. The lowest BCUT2D eigenvalue weighted by Crippen LogP contribution is -2.15. The fraction of sp³-hybridized carbons (Fsp3) is 0.227. The Hall–Kier alpha value is -3.86. The molecule has 1 saturated carbocycles. The number of aromatic nitrogens is 7. The number of nitrogens with zero attached hydrogens (tertiary/aromatic N) is 6. The summed E-state index contributed by atoms with van der Waals surface area (Å²) in [7, 11) is 0. The van der Waals surface area contributed by atoms with Gasteiger partial charge in [0.1, 0.15) is 12.0 Å². The zero-order valence-corrected chi connectivity index (χ0v) is 18.5. The molecule has 0 saturated heterocycles. The third-order valence-corrected chi connectivity index (χ3v) is 6.22. The molecule has 4 aromatic heterocycles. The van der Waals surface area contributed by atoms with E-state index in [2.05, 4.69) is 30.6 Å². The highest BCUT2D eigenvalue weighted by molar-refractivity contribution is 6.35. The van der Waals surface area contributed by atoms with E-state index in [1.165, 1.54) is 6.20 Å². The molecule has 0 aliphatic heterocycles. The molecule has 5 aromatic rings. The highest BCUT2D eigenvalue weighted by Gasteiger charge is 2.43. The lowest BCUT2D eigenvalue weighted by Gasteiger charge is -2.12. The number of aromatic amines is 1. The van der Waals surface area contributed by atoms with Gasteiger partial charge in [-0.3, -0.25) is 19.6 Å². The molecule has 34 heavy (non-hydrogen) atoms. The van der Waals surface area contributed by atoms with E-state index in [0.29, 0.717) is 33.4 Å². The van der Waals surface area contributed by atoms with E-state index in [1.807, 2.05) is 13.1 Å². The summed E-state index contributed by atoms with van der Waals surface area (Å²) in [5.41, 5.74) is 3.02. The summed E-state index contributed by atoms with van der Waals surface area (Å²) in [5, 5.41) is 14.3. The summed E-state index contributed by atoms with van der Waals surface area (Å²) in [5.74, 6) is -1.35. The predicted molar refractivity (Wildman–Crippen MR) is 121 cm³/mol. The quantitative estimate of drug-likeness (QED) is 0.395. The Labute approximate surface area is 195 Å². The van der Waals surface area contributed by atoms with E-state index < -0.39 is 23.8 Å². The number of benzene rings is 1. The van der Waals surface area contributed by atoms with Gasteiger partial charge >= 0.3 is 0 Å². The third kappa shape index (κ3) is 3.39. The van der Waals surface area contributed by atoms with Crippen molar-refractivity contribution in [3.8, 4) is 11.3 Å². The molecule has 0 bridgehead atoms. The van der Waals surface area contributed by atoms with Gasteiger partial charge in [-0.15, -0.1) is 0 Å². The van der Waals surface area contributed by atoms with Crippen molar-refractivity contribution in [3.05, 3.63) is 59.1 Å². The van der Waals surface area contributed by atoms with Crippen molar-refractivity contribution in [3.63, 3.8) is 0 Å². The third-order valence-electron chi connectivity index (χ3n) is 5.87. The van der Waals surface area contributed by atoms with Crippen LogP contribution in [0.4, 0.5) is 14.6 Å². The van der Waals surface area contributed by atoms with Gasteiger partial charge in [-0.2, -0.15) is 10.2 Å². The van der Waals surface area contributed by atoms with Crippen LogP contribution in [-0.2, 0) is 11.3 Å². The van der Waals surface area contributed by atoms with Gasteiger partial charge in [-0.1, -0.05) is 11.6 Å². The van der Waals surface area contributed by atoms with Crippen LogP contribution in [0.25, 0.3) is 27.8 Å². The monoisotopic (exact) mass is 482 g/mol. The van der Waals surface area contributed by atoms with Gasteiger partial charge < -0.3 is 9.72 Å². The molecular formula is C22H17ClF2N8O. The van der Waals surface area contributed by atoms with Crippen molar-refractivity contribution in [2.24, 2.45) is 5.92 Å². The summed E-state index contributed by atoms with van der Waals surface area (Å²) in [6.07, 6.45) is 8.91. The summed E-state index contributed by atoms with van der Waals surface area (Å²) in [6.45, 7) is 2.08. The largest absolute Gasteiger partial charge is 0.309 e. The number of amides is 1. The molecule has 0 unspecified atom stereocenters. The topological polar surface area (TPSA) is 106 Å². The zero-order valence-electron chi connectivity index (χ0n) is 17.8. The minimum Gasteiger partial charge on any atom is -0.309 e. The van der Waals surface area contributed by atoms with Crippen molar-refractivity contribution in [2.75, 3.05) is 5.32 Å². The number of halogens is 3. The maximum absolute atomic E-state index is 15.5. The van der Waals surface area contributed by atoms with Crippen LogP contribution in [-0.4, -0.2) is 46.4 Å². The number of aryl methyl sites for hydroxylation is 1. The summed E-state index contributed by atoms with van der Waals surface area (Å²) < 4.78 is 31.9. The molecule has 172 valence electrons. The molecule has 9 nitrogen and oxygen atoms in total. The normalized spacial score (nSPS) is 17.5. The van der Waals surface area contributed by atoms with E-state index in [9.17, 15) is 9.18 Å². The van der Waals surface area contributed by atoms with Crippen LogP contribution in [0.5, 0.6) is 0 Å². The van der Waals surface area contributed by atoms with Crippen LogP contribution in [0.2, 0.25) is 5.02 Å². The van der Waals surface area contributed by atoms with Crippen LogP contribution >= 0.6 is 11.6 Å². The van der Waals surface area contributed by atoms with E-state index in [1.54, 1.807) is 33.9 Å². The zero-order chi connectivity index (χ0) is 23.6. The molecule has 2 atom stereocenters. The Balaban J connectivity index is 1.40. The highest BCUT2D eigenvalue weighted by atomic mass is 35.5. The predicted octanol–water partition coefficient (Wildman–Crippen LogP) is 3.91. The number of nitrogens with one attached hydrogen (secondary N) is 2. The van der Waals surface area contributed by atoms with Crippen LogP contribution in [0, 0.1) is 18.7 Å². The first-order valence-electron chi connectivity index (χ1n) is 10.5. The first kappa shape index (κ1) is 20.7. The number of alkyl halides is 1. The molecule has 0 spiro atoms. The molecular weight excluding hydrogens is 466 g/mol. The Morgan fingerprint density at radius 1 is 1.29 bits per heavy atom. The lowest BCUT2D eigenvalue weighted by atomic mass is 10.0. The van der Waals surface area contributed by atoms with Crippen LogP contribution in [0.3, 0.4) is 0 Å². The first-order valence-corrected chi connectivity index (χ1v) is 10.9. The van der Waals surface area contributed by atoms with Crippen molar-refractivity contribution < 1.29 is 13.6 Å². The summed E-state index contributed by atoms with van der Waals surface area (Å²) >= 11 is 6.52. The summed E-state index contributed by atoms with van der Waals surface area (Å²) in [4.78, 5) is 20.7. The second-order valence-electron chi connectivity index (χ2n) is 8.37. The second kappa shape index (κ2) is 7.59. The Bertz CT molecular complexity index is 1590. The fourth-order valence-electron chi connectivity index (χ4n) is 4.03. The Kier molecular flexibility index (Phi) is 4.63. The van der Waals surface area contributed by atoms with Crippen molar-refractivity contribution in [2.45, 2.75) is 26.1 Å². The molecule has 6 rings (SSSR count). The number of carbonyl (C=O) groups excluding carboxylic acids is 1. The molecule has 1 aliphatic carbocycles. The van der Waals surface area contributed by atoms with E-state index in [0.717, 1.165) is 5.56 Å². The molecule has 1 amide bonds. The van der Waals surface area contributed by atoms with Gasteiger partial charge in [0.25, 0.3) is 0 Å². The molecule has 1 aliphatic rings. The van der Waals surface area contributed by atoms with Gasteiger partial charge in [0, 0.05) is 28.9 Å². The SMILES string of the molecule is Cc1cnn(Cc2c(F)c(Cl)c(-c3cn4cc(NC(=O)[C@@H]5C[C@@H]5F)nc4cn3)c3cn[nH]c23)c1. The second-order valence-corrected chi connectivity index (χ2v) is 8.75. The lowest BCUT2D eigenvalue weighted by molar-refractivity contribution is -0.117. The average molecular weight is 483 g/mol. The van der Waals surface area contributed by atoms with E-state index in [-0.39, 0.29) is 23.8 Å². The standard InChI is InChI=1S/C22H17ClF2N8O/c1-10-3-28-33(6-10)7-13-20(25)19(23)18(12-4-27-31-21(12)13)15-8-32-9-16(29-17(32)5-26-15)30-22(34)11-2-14(11)24/h3-6,8-9,11,14H,2,7H2,1H3,(H,27,31)(H,30,34)/t11-,14+/m1/s1. The number of fused-ring (bicyclic) bond motifs is 2. The number of rotatable bonds is 5. The van der Waals surface area contributed by atoms with E-state index in [4.69, 9.17) is 11.6 Å². The van der Waals surface area contributed by atoms with E-state index >= 15 is 4.39 Å². The molecule has 0 radical (unpaired) electrons. The van der Waals surface area contributed by atoms with Crippen LogP contribution < -0.4 is 5.32 Å². The van der Waals surface area contributed by atoms with Gasteiger partial charge in [0.2, 0.25) is 5.91 Å². The van der Waals surface area contributed by atoms with Crippen molar-refractivity contribution in [1.82, 2.24) is 34.3 Å². The fourth-order valence-corrected chi connectivity index (χ4v) is 4.35. The minimum atomic E-state index is -1.10. The minimum absolute atomic E-state index is 0.0870. The number of hydrogen-bond acceptors (Lipinski definition) is 5. The summed E-state index contributed by atoms with van der Waals surface area (Å²) in [6, 6.07) is 0. The first-order chi connectivity index (χ1) is 16.4. The highest BCUT2D eigenvalue weighted by Crippen LogP contribution is 2.39. The molecule has 2 N–H and O–H groups in total. The van der Waals surface area contributed by atoms with Gasteiger partial charge in [-0.05, 0) is 18.9 Å². The van der Waals surface area contributed by atoms with Crippen LogP contribution in [0.15, 0.2) is 37.2 Å². The molecule has 1 fully saturated rings. The molecule has 4 heterocycles. The molecule has 12 heteroatoms. The number of hydrogen-bond donors (Lipinski definition) is 2. The smallest absolute Gasteiger partial charge is 0.231 e. The molecule has 1 aromatic carbocycles. The van der Waals surface area contributed by atoms with Gasteiger partial charge in [-0.25, -0.2) is 13.8 Å². The van der Waals surface area contributed by atoms with Crippen molar-refractivity contribution in [1.29, 1.82) is 0 Å². The number of imidazole rings is 1.